The average molecular weight is 415 g/mol. The summed E-state index contributed by atoms with van der Waals surface area (Å²) in [6, 6.07) is 13.4. The third-order valence-corrected chi connectivity index (χ3v) is 3.93. The molecular formula is C16H16ClIN2O. The molecule has 0 saturated carbocycles. The topological polar surface area (TPSA) is 41.1 Å². The number of carbonyl (C=O) groups is 1. The molecular weight excluding hydrogens is 399 g/mol. The quantitative estimate of drug-likeness (QED) is 0.705. The van der Waals surface area contributed by atoms with Gasteiger partial charge in [-0.25, -0.2) is 4.79 Å². The second-order valence-corrected chi connectivity index (χ2v) is 6.40. The molecule has 5 heteroatoms. The smallest absolute Gasteiger partial charge is 0.319 e. The Bertz CT molecular complexity index is 646. The van der Waals surface area contributed by atoms with Gasteiger partial charge in [0.2, 0.25) is 0 Å². The molecule has 0 aromatic heterocycles. The predicted octanol–water partition coefficient (Wildman–Crippen LogP) is 4.62. The van der Waals surface area contributed by atoms with Crippen LogP contribution >= 0.6 is 34.2 Å². The highest BCUT2D eigenvalue weighted by Gasteiger charge is 2.04. The molecule has 2 amide bonds. The minimum absolute atomic E-state index is 0.193. The molecule has 0 fully saturated rings. The lowest BCUT2D eigenvalue weighted by Gasteiger charge is -2.10. The van der Waals surface area contributed by atoms with Crippen molar-refractivity contribution < 1.29 is 4.79 Å². The van der Waals surface area contributed by atoms with E-state index in [4.69, 9.17) is 11.6 Å². The first-order chi connectivity index (χ1) is 10.0. The molecule has 2 N–H and O–H groups in total. The summed E-state index contributed by atoms with van der Waals surface area (Å²) in [7, 11) is 0. The molecule has 110 valence electrons. The highest BCUT2D eigenvalue weighted by molar-refractivity contribution is 14.1. The van der Waals surface area contributed by atoms with Crippen molar-refractivity contribution in [2.24, 2.45) is 0 Å². The van der Waals surface area contributed by atoms with E-state index in [1.54, 1.807) is 0 Å². The van der Waals surface area contributed by atoms with Crippen LogP contribution < -0.4 is 10.6 Å². The van der Waals surface area contributed by atoms with Gasteiger partial charge in [-0.1, -0.05) is 23.7 Å². The first-order valence-electron chi connectivity index (χ1n) is 6.60. The highest BCUT2D eigenvalue weighted by Crippen LogP contribution is 2.17. The SMILES string of the molecule is Cc1cc(I)ccc1NC(=O)NCCc1cccc(Cl)c1. The van der Waals surface area contributed by atoms with Gasteiger partial charge < -0.3 is 10.6 Å². The van der Waals surface area contributed by atoms with Gasteiger partial charge in [0.1, 0.15) is 0 Å². The number of nitrogens with one attached hydrogen (secondary N) is 2. The van der Waals surface area contributed by atoms with Crippen LogP contribution in [0.1, 0.15) is 11.1 Å². The van der Waals surface area contributed by atoms with Gasteiger partial charge in [-0.05, 0) is 77.4 Å². The van der Waals surface area contributed by atoms with Gasteiger partial charge in [0.15, 0.2) is 0 Å². The Kier molecular flexibility index (Phi) is 5.87. The van der Waals surface area contributed by atoms with Gasteiger partial charge in [-0.15, -0.1) is 0 Å². The van der Waals surface area contributed by atoms with Crippen LogP contribution in [0.2, 0.25) is 5.02 Å². The highest BCUT2D eigenvalue weighted by atomic mass is 127. The molecule has 0 atom stereocenters. The Balaban J connectivity index is 1.82. The summed E-state index contributed by atoms with van der Waals surface area (Å²) in [5, 5.41) is 6.42. The van der Waals surface area contributed by atoms with Crippen LogP contribution in [-0.2, 0) is 6.42 Å². The number of anilines is 1. The summed E-state index contributed by atoms with van der Waals surface area (Å²) >= 11 is 8.17. The lowest BCUT2D eigenvalue weighted by atomic mass is 10.1. The molecule has 0 bridgehead atoms. The first-order valence-corrected chi connectivity index (χ1v) is 8.06. The number of aryl methyl sites for hydroxylation is 1. The fourth-order valence-electron chi connectivity index (χ4n) is 1.95. The summed E-state index contributed by atoms with van der Waals surface area (Å²) in [4.78, 5) is 11.9. The minimum atomic E-state index is -0.193. The fraction of sp³-hybridized carbons (Fsp3) is 0.188. The zero-order chi connectivity index (χ0) is 15.2. The Morgan fingerprint density at radius 3 is 2.76 bits per heavy atom. The molecule has 3 nitrogen and oxygen atoms in total. The molecule has 0 aliphatic heterocycles. The third-order valence-electron chi connectivity index (χ3n) is 3.02. The Hall–Kier alpha value is -1.27. The molecule has 0 spiro atoms. The molecule has 2 rings (SSSR count). The first kappa shape index (κ1) is 16.1. The van der Waals surface area contributed by atoms with Crippen LogP contribution in [0.15, 0.2) is 42.5 Å². The number of benzene rings is 2. The van der Waals surface area contributed by atoms with Crippen molar-refractivity contribution in [2.45, 2.75) is 13.3 Å². The lowest BCUT2D eigenvalue weighted by Crippen LogP contribution is -2.30. The lowest BCUT2D eigenvalue weighted by molar-refractivity contribution is 0.252. The summed E-state index contributed by atoms with van der Waals surface area (Å²) in [6.07, 6.45) is 0.750. The van der Waals surface area contributed by atoms with Gasteiger partial charge in [0, 0.05) is 20.8 Å². The largest absolute Gasteiger partial charge is 0.338 e. The van der Waals surface area contributed by atoms with E-state index in [2.05, 4.69) is 33.2 Å². The van der Waals surface area contributed by atoms with Crippen LogP contribution in [0, 0.1) is 10.5 Å². The summed E-state index contributed by atoms with van der Waals surface area (Å²) in [6.45, 7) is 2.54. The molecule has 2 aromatic carbocycles. The standard InChI is InChI=1S/C16H16ClIN2O/c1-11-9-14(18)5-6-15(11)20-16(21)19-8-7-12-3-2-4-13(17)10-12/h2-6,9-10H,7-8H2,1H3,(H2,19,20,21). The minimum Gasteiger partial charge on any atom is -0.338 e. The zero-order valence-corrected chi connectivity index (χ0v) is 14.5. The number of rotatable bonds is 4. The van der Waals surface area contributed by atoms with Crippen LogP contribution in [0.3, 0.4) is 0 Å². The van der Waals surface area contributed by atoms with E-state index in [0.717, 1.165) is 26.8 Å². The van der Waals surface area contributed by atoms with E-state index in [1.165, 1.54) is 0 Å². The van der Waals surface area contributed by atoms with E-state index in [9.17, 15) is 4.79 Å². The average Bonchev–Trinajstić information content (AvgIpc) is 2.42. The maximum Gasteiger partial charge on any atom is 0.319 e. The Labute approximate surface area is 143 Å². The van der Waals surface area contributed by atoms with Crippen LogP contribution in [0.4, 0.5) is 10.5 Å². The van der Waals surface area contributed by atoms with E-state index in [-0.39, 0.29) is 6.03 Å². The molecule has 0 aliphatic rings. The van der Waals surface area contributed by atoms with Crippen molar-refractivity contribution >= 4 is 45.9 Å². The predicted molar refractivity (Wildman–Crippen MR) is 96.1 cm³/mol. The van der Waals surface area contributed by atoms with Crippen LogP contribution in [-0.4, -0.2) is 12.6 Å². The van der Waals surface area contributed by atoms with Crippen molar-refractivity contribution in [3.05, 3.63) is 62.2 Å². The van der Waals surface area contributed by atoms with Crippen molar-refractivity contribution in [1.29, 1.82) is 0 Å². The monoisotopic (exact) mass is 414 g/mol. The molecule has 21 heavy (non-hydrogen) atoms. The van der Waals surface area contributed by atoms with Gasteiger partial charge >= 0.3 is 6.03 Å². The molecule has 0 radical (unpaired) electrons. The number of urea groups is 1. The second kappa shape index (κ2) is 7.66. The third kappa shape index (κ3) is 5.21. The van der Waals surface area contributed by atoms with Gasteiger partial charge in [-0.3, -0.25) is 0 Å². The number of amides is 2. The summed E-state index contributed by atoms with van der Waals surface area (Å²) in [5.74, 6) is 0. The van der Waals surface area contributed by atoms with Crippen molar-refractivity contribution in [2.75, 3.05) is 11.9 Å². The molecule has 0 saturated heterocycles. The van der Waals surface area contributed by atoms with E-state index in [0.29, 0.717) is 11.6 Å². The zero-order valence-electron chi connectivity index (χ0n) is 11.6. The molecule has 0 unspecified atom stereocenters. The number of hydrogen-bond acceptors (Lipinski definition) is 1. The van der Waals surface area contributed by atoms with Gasteiger partial charge in [0.05, 0.1) is 0 Å². The van der Waals surface area contributed by atoms with Crippen molar-refractivity contribution in [3.8, 4) is 0 Å². The molecule has 0 aliphatic carbocycles. The number of hydrogen-bond donors (Lipinski definition) is 2. The van der Waals surface area contributed by atoms with Crippen LogP contribution in [0.25, 0.3) is 0 Å². The molecule has 2 aromatic rings. The van der Waals surface area contributed by atoms with Crippen molar-refractivity contribution in [3.63, 3.8) is 0 Å². The number of carbonyl (C=O) groups excluding carboxylic acids is 1. The second-order valence-electron chi connectivity index (χ2n) is 4.72. The van der Waals surface area contributed by atoms with E-state index < -0.39 is 0 Å². The van der Waals surface area contributed by atoms with E-state index in [1.807, 2.05) is 49.4 Å². The van der Waals surface area contributed by atoms with Gasteiger partial charge in [-0.2, -0.15) is 0 Å². The van der Waals surface area contributed by atoms with Crippen LogP contribution in [0.5, 0.6) is 0 Å². The fourth-order valence-corrected chi connectivity index (χ4v) is 2.81. The Morgan fingerprint density at radius 1 is 1.24 bits per heavy atom. The summed E-state index contributed by atoms with van der Waals surface area (Å²) in [5.41, 5.74) is 2.98. The normalized spacial score (nSPS) is 10.2. The van der Waals surface area contributed by atoms with E-state index >= 15 is 0 Å². The number of halogens is 2. The summed E-state index contributed by atoms with van der Waals surface area (Å²) < 4.78 is 1.15. The maximum atomic E-state index is 11.9. The van der Waals surface area contributed by atoms with Crippen molar-refractivity contribution in [1.82, 2.24) is 5.32 Å². The van der Waals surface area contributed by atoms with Gasteiger partial charge in [0.25, 0.3) is 0 Å². The maximum absolute atomic E-state index is 11.9. The molecule has 0 heterocycles. The Morgan fingerprint density at radius 2 is 2.05 bits per heavy atom.